The molecule has 0 aromatic rings. The van der Waals surface area contributed by atoms with E-state index in [1.54, 1.807) is 6.92 Å². The summed E-state index contributed by atoms with van der Waals surface area (Å²) in [5, 5.41) is 9.25. The first-order valence-electron chi connectivity index (χ1n) is 6.55. The van der Waals surface area contributed by atoms with Crippen molar-refractivity contribution in [1.29, 1.82) is 0 Å². The van der Waals surface area contributed by atoms with Gasteiger partial charge in [-0.1, -0.05) is 13.8 Å². The zero-order valence-electron chi connectivity index (χ0n) is 10.6. The van der Waals surface area contributed by atoms with Gasteiger partial charge in [-0.2, -0.15) is 13.2 Å². The van der Waals surface area contributed by atoms with Crippen LogP contribution < -0.4 is 0 Å². The highest BCUT2D eigenvalue weighted by molar-refractivity contribution is 5.76. The van der Waals surface area contributed by atoms with Gasteiger partial charge in [-0.25, -0.2) is 0 Å². The minimum atomic E-state index is -4.67. The zero-order valence-corrected chi connectivity index (χ0v) is 10.6. The molecule has 0 amide bonds. The summed E-state index contributed by atoms with van der Waals surface area (Å²) in [4.78, 5) is 11.4. The van der Waals surface area contributed by atoms with E-state index in [1.165, 1.54) is 6.92 Å². The zero-order chi connectivity index (χ0) is 13.7. The summed E-state index contributed by atoms with van der Waals surface area (Å²) in [5.74, 6) is -2.36. The van der Waals surface area contributed by atoms with Crippen LogP contribution in [0.25, 0.3) is 0 Å². The Labute approximate surface area is 105 Å². The quantitative estimate of drug-likeness (QED) is 0.843. The van der Waals surface area contributed by atoms with Crippen LogP contribution in [0, 0.1) is 29.1 Å². The van der Waals surface area contributed by atoms with Crippen LogP contribution in [0.4, 0.5) is 13.2 Å². The molecular weight excluding hydrogens is 245 g/mol. The van der Waals surface area contributed by atoms with E-state index in [1.807, 2.05) is 0 Å². The third-order valence-corrected chi connectivity index (χ3v) is 5.35. The second-order valence-electron chi connectivity index (χ2n) is 5.85. The largest absolute Gasteiger partial charge is 0.481 e. The number of carboxylic acid groups (broad SMARTS) is 1. The number of carboxylic acids is 1. The molecule has 2 rings (SSSR count). The third-order valence-electron chi connectivity index (χ3n) is 5.35. The monoisotopic (exact) mass is 264 g/mol. The number of halogens is 3. The fourth-order valence-corrected chi connectivity index (χ4v) is 4.47. The molecule has 0 aromatic heterocycles. The van der Waals surface area contributed by atoms with Gasteiger partial charge < -0.3 is 5.11 Å². The van der Waals surface area contributed by atoms with Gasteiger partial charge in [-0.05, 0) is 49.4 Å². The molecule has 18 heavy (non-hydrogen) atoms. The SMILES string of the molecule is CCC(C(=O)O)(C1C2CCC(C2)C1C)C(F)(F)F. The molecule has 2 fully saturated rings. The van der Waals surface area contributed by atoms with E-state index in [4.69, 9.17) is 0 Å². The summed E-state index contributed by atoms with van der Waals surface area (Å²) in [6.07, 6.45) is -2.55. The number of fused-ring (bicyclic) bond motifs is 2. The molecule has 0 aliphatic heterocycles. The maximum atomic E-state index is 13.4. The molecule has 2 aliphatic carbocycles. The lowest BCUT2D eigenvalue weighted by atomic mass is 9.62. The van der Waals surface area contributed by atoms with Gasteiger partial charge in [-0.3, -0.25) is 4.79 Å². The Morgan fingerprint density at radius 3 is 2.17 bits per heavy atom. The van der Waals surface area contributed by atoms with Crippen LogP contribution in [-0.4, -0.2) is 17.3 Å². The molecule has 5 heteroatoms. The Balaban J connectivity index is 2.45. The number of hydrogen-bond acceptors (Lipinski definition) is 1. The molecule has 2 nitrogen and oxygen atoms in total. The molecular formula is C13H19F3O2. The highest BCUT2D eigenvalue weighted by atomic mass is 19.4. The predicted molar refractivity (Wildman–Crippen MR) is 59.9 cm³/mol. The fourth-order valence-electron chi connectivity index (χ4n) is 4.47. The molecule has 2 aliphatic rings. The number of aliphatic carboxylic acids is 1. The van der Waals surface area contributed by atoms with Crippen molar-refractivity contribution in [3.05, 3.63) is 0 Å². The van der Waals surface area contributed by atoms with Crippen molar-refractivity contribution < 1.29 is 23.1 Å². The summed E-state index contributed by atoms with van der Waals surface area (Å²) in [7, 11) is 0. The van der Waals surface area contributed by atoms with Crippen molar-refractivity contribution in [2.24, 2.45) is 29.1 Å². The van der Waals surface area contributed by atoms with Crippen LogP contribution in [0.15, 0.2) is 0 Å². The van der Waals surface area contributed by atoms with Gasteiger partial charge in [0.2, 0.25) is 0 Å². The standard InChI is InChI=1S/C13H19F3O2/c1-3-12(11(17)18,13(14,15)16)10-7(2)8-4-5-9(10)6-8/h7-10H,3-6H2,1-2H3,(H,17,18). The predicted octanol–water partition coefficient (Wildman–Crippen LogP) is 3.71. The first-order chi connectivity index (χ1) is 8.25. The number of carbonyl (C=O) groups is 1. The van der Waals surface area contributed by atoms with E-state index in [9.17, 15) is 23.1 Å². The summed E-state index contributed by atoms with van der Waals surface area (Å²) in [6, 6.07) is 0. The van der Waals surface area contributed by atoms with Gasteiger partial charge in [0, 0.05) is 0 Å². The first-order valence-corrected chi connectivity index (χ1v) is 6.55. The van der Waals surface area contributed by atoms with E-state index < -0.39 is 23.5 Å². The van der Waals surface area contributed by atoms with Crippen LogP contribution in [0.1, 0.15) is 39.5 Å². The van der Waals surface area contributed by atoms with Gasteiger partial charge >= 0.3 is 12.1 Å². The first kappa shape index (κ1) is 13.7. The summed E-state index contributed by atoms with van der Waals surface area (Å²) >= 11 is 0. The lowest BCUT2D eigenvalue weighted by Gasteiger charge is -2.43. The highest BCUT2D eigenvalue weighted by Crippen LogP contribution is 2.63. The maximum absolute atomic E-state index is 13.4. The molecule has 0 radical (unpaired) electrons. The van der Waals surface area contributed by atoms with Crippen LogP contribution in [0.5, 0.6) is 0 Å². The van der Waals surface area contributed by atoms with Crippen LogP contribution in [0.2, 0.25) is 0 Å². The molecule has 104 valence electrons. The number of alkyl halides is 3. The molecule has 0 heterocycles. The normalized spacial score (nSPS) is 38.7. The van der Waals surface area contributed by atoms with E-state index in [2.05, 4.69) is 0 Å². The van der Waals surface area contributed by atoms with E-state index in [-0.39, 0.29) is 24.2 Å². The van der Waals surface area contributed by atoms with Gasteiger partial charge in [0.15, 0.2) is 5.41 Å². The van der Waals surface area contributed by atoms with Crippen LogP contribution >= 0.6 is 0 Å². The minimum absolute atomic E-state index is 0.0670. The second-order valence-corrected chi connectivity index (χ2v) is 5.85. The Bertz CT molecular complexity index is 351. The number of hydrogen-bond donors (Lipinski definition) is 1. The fraction of sp³-hybridized carbons (Fsp3) is 0.923. The smallest absolute Gasteiger partial charge is 0.405 e. The average Bonchev–Trinajstić information content (AvgIpc) is 2.80. The summed E-state index contributed by atoms with van der Waals surface area (Å²) in [6.45, 7) is 3.15. The van der Waals surface area contributed by atoms with Crippen LogP contribution in [-0.2, 0) is 4.79 Å². The Kier molecular flexibility index (Phi) is 3.14. The molecule has 1 N–H and O–H groups in total. The lowest BCUT2D eigenvalue weighted by Crippen LogP contribution is -2.53. The van der Waals surface area contributed by atoms with Crippen molar-refractivity contribution in [2.75, 3.05) is 0 Å². The molecule has 0 aromatic carbocycles. The molecule has 2 bridgehead atoms. The average molecular weight is 264 g/mol. The summed E-state index contributed by atoms with van der Waals surface area (Å²) < 4.78 is 40.2. The van der Waals surface area contributed by atoms with Crippen molar-refractivity contribution in [1.82, 2.24) is 0 Å². The van der Waals surface area contributed by atoms with Crippen molar-refractivity contribution in [3.63, 3.8) is 0 Å². The Hall–Kier alpha value is -0.740. The second kappa shape index (κ2) is 4.14. The lowest BCUT2D eigenvalue weighted by molar-refractivity contribution is -0.256. The van der Waals surface area contributed by atoms with Crippen molar-refractivity contribution in [3.8, 4) is 0 Å². The number of rotatable bonds is 3. The molecule has 5 atom stereocenters. The van der Waals surface area contributed by atoms with E-state index in [0.717, 1.165) is 19.3 Å². The molecule has 5 unspecified atom stereocenters. The highest BCUT2D eigenvalue weighted by Gasteiger charge is 2.69. The van der Waals surface area contributed by atoms with Gasteiger partial charge in [0.05, 0.1) is 0 Å². The van der Waals surface area contributed by atoms with Gasteiger partial charge in [0.1, 0.15) is 0 Å². The molecule has 0 spiro atoms. The van der Waals surface area contributed by atoms with Gasteiger partial charge in [0.25, 0.3) is 0 Å². The molecule has 2 saturated carbocycles. The Morgan fingerprint density at radius 2 is 1.83 bits per heavy atom. The molecule has 0 saturated heterocycles. The Morgan fingerprint density at radius 1 is 1.28 bits per heavy atom. The van der Waals surface area contributed by atoms with E-state index in [0.29, 0.717) is 0 Å². The van der Waals surface area contributed by atoms with Crippen molar-refractivity contribution in [2.45, 2.75) is 45.7 Å². The third kappa shape index (κ3) is 1.58. The van der Waals surface area contributed by atoms with Crippen LogP contribution in [0.3, 0.4) is 0 Å². The topological polar surface area (TPSA) is 37.3 Å². The van der Waals surface area contributed by atoms with Crippen molar-refractivity contribution >= 4 is 5.97 Å². The minimum Gasteiger partial charge on any atom is -0.481 e. The summed E-state index contributed by atoms with van der Waals surface area (Å²) in [5.41, 5.74) is -2.55. The van der Waals surface area contributed by atoms with E-state index >= 15 is 0 Å². The maximum Gasteiger partial charge on any atom is 0.405 e. The van der Waals surface area contributed by atoms with Gasteiger partial charge in [-0.15, -0.1) is 0 Å².